The highest BCUT2D eigenvalue weighted by atomic mass is 16.5. The van der Waals surface area contributed by atoms with Crippen molar-refractivity contribution in [3.8, 4) is 5.75 Å². The molecule has 0 bridgehead atoms. The van der Waals surface area contributed by atoms with E-state index >= 15 is 0 Å². The summed E-state index contributed by atoms with van der Waals surface area (Å²) >= 11 is 0. The SMILES string of the molecule is COc1ccc(/C=[N+]2\NC(=O)[C@@H](NC(=O)c3cccc(C)c3)[C@@H]2c2ccc(C)cc2)cc1. The van der Waals surface area contributed by atoms with Crippen molar-refractivity contribution in [2.24, 2.45) is 0 Å². The molecule has 162 valence electrons. The van der Waals surface area contributed by atoms with Gasteiger partial charge in [-0.3, -0.25) is 9.59 Å². The van der Waals surface area contributed by atoms with E-state index in [0.29, 0.717) is 5.56 Å². The summed E-state index contributed by atoms with van der Waals surface area (Å²) < 4.78 is 6.98. The molecule has 0 aromatic heterocycles. The number of hydrazone groups is 1. The van der Waals surface area contributed by atoms with Gasteiger partial charge in [0.1, 0.15) is 5.75 Å². The van der Waals surface area contributed by atoms with Crippen molar-refractivity contribution in [1.82, 2.24) is 10.7 Å². The highest BCUT2D eigenvalue weighted by molar-refractivity contribution is 5.98. The molecule has 1 aliphatic heterocycles. The Kier molecular flexibility index (Phi) is 6.03. The van der Waals surface area contributed by atoms with Crippen LogP contribution in [0.15, 0.2) is 72.8 Å². The number of hydrogen-bond acceptors (Lipinski definition) is 3. The summed E-state index contributed by atoms with van der Waals surface area (Å²) in [6.07, 6.45) is 1.86. The van der Waals surface area contributed by atoms with Crippen molar-refractivity contribution in [3.63, 3.8) is 0 Å². The van der Waals surface area contributed by atoms with Gasteiger partial charge in [-0.15, -0.1) is 10.1 Å². The zero-order valence-corrected chi connectivity index (χ0v) is 18.3. The summed E-state index contributed by atoms with van der Waals surface area (Å²) in [5.41, 5.74) is 7.36. The van der Waals surface area contributed by atoms with Crippen LogP contribution in [0.25, 0.3) is 0 Å². The molecule has 32 heavy (non-hydrogen) atoms. The lowest BCUT2D eigenvalue weighted by molar-refractivity contribution is -0.596. The number of carbonyl (C=O) groups is 2. The first-order valence-electron chi connectivity index (χ1n) is 10.5. The molecule has 0 spiro atoms. The van der Waals surface area contributed by atoms with Gasteiger partial charge in [0.25, 0.3) is 5.91 Å². The maximum Gasteiger partial charge on any atom is 0.304 e. The van der Waals surface area contributed by atoms with E-state index in [1.807, 2.05) is 86.8 Å². The van der Waals surface area contributed by atoms with E-state index in [1.54, 1.807) is 17.9 Å². The van der Waals surface area contributed by atoms with Gasteiger partial charge in [0.05, 0.1) is 7.11 Å². The standard InChI is InChI=1S/C26H25N3O3/c1-17-7-11-20(12-8-17)24-23(27-25(30)21-6-4-5-18(2)15-21)26(31)28-29(24)16-19-9-13-22(32-3)14-10-19/h4-16,23-24H,1-3H3,(H-,27,28,30,31)/p+1/b29-16-/t23-,24-/m0/s1. The molecule has 1 fully saturated rings. The maximum atomic E-state index is 13.0. The molecule has 0 unspecified atom stereocenters. The summed E-state index contributed by atoms with van der Waals surface area (Å²) in [7, 11) is 1.62. The third kappa shape index (κ3) is 4.54. The average Bonchev–Trinajstić information content (AvgIpc) is 3.09. The Morgan fingerprint density at radius 1 is 1.00 bits per heavy atom. The molecule has 6 nitrogen and oxygen atoms in total. The van der Waals surface area contributed by atoms with E-state index in [0.717, 1.165) is 28.0 Å². The Morgan fingerprint density at radius 2 is 1.72 bits per heavy atom. The number of methoxy groups -OCH3 is 1. The van der Waals surface area contributed by atoms with Gasteiger partial charge in [0.2, 0.25) is 12.3 Å². The van der Waals surface area contributed by atoms with E-state index in [1.165, 1.54) is 0 Å². The molecular weight excluding hydrogens is 402 g/mol. The molecule has 1 heterocycles. The van der Waals surface area contributed by atoms with Crippen molar-refractivity contribution in [2.75, 3.05) is 7.11 Å². The first kappa shape index (κ1) is 21.3. The number of carbonyl (C=O) groups excluding carboxylic acids is 2. The third-order valence-corrected chi connectivity index (χ3v) is 5.53. The van der Waals surface area contributed by atoms with Crippen LogP contribution in [0.4, 0.5) is 0 Å². The molecule has 4 rings (SSSR count). The number of ether oxygens (including phenoxy) is 1. The van der Waals surface area contributed by atoms with Crippen LogP contribution >= 0.6 is 0 Å². The lowest BCUT2D eigenvalue weighted by Gasteiger charge is -2.15. The Balaban J connectivity index is 1.69. The van der Waals surface area contributed by atoms with Crippen LogP contribution in [0.1, 0.15) is 38.7 Å². The second kappa shape index (κ2) is 9.06. The third-order valence-electron chi connectivity index (χ3n) is 5.53. The summed E-state index contributed by atoms with van der Waals surface area (Å²) in [5.74, 6) is 0.213. The van der Waals surface area contributed by atoms with E-state index in [4.69, 9.17) is 4.74 Å². The van der Waals surface area contributed by atoms with Crippen LogP contribution in [-0.4, -0.2) is 35.9 Å². The monoisotopic (exact) mass is 428 g/mol. The fourth-order valence-electron chi connectivity index (χ4n) is 3.81. The van der Waals surface area contributed by atoms with Gasteiger partial charge in [0, 0.05) is 16.7 Å². The van der Waals surface area contributed by atoms with Gasteiger partial charge in [-0.05, 0) is 50.2 Å². The number of rotatable bonds is 5. The molecule has 2 N–H and O–H groups in total. The van der Waals surface area contributed by atoms with Crippen LogP contribution in [0.5, 0.6) is 5.75 Å². The number of hydrogen-bond donors (Lipinski definition) is 2. The van der Waals surface area contributed by atoms with Crippen molar-refractivity contribution in [1.29, 1.82) is 0 Å². The summed E-state index contributed by atoms with van der Waals surface area (Å²) in [6, 6.07) is 21.7. The molecule has 3 aromatic rings. The highest BCUT2D eigenvalue weighted by Crippen LogP contribution is 2.26. The Labute approximate surface area is 187 Å². The molecular formula is C26H26N3O3+. The van der Waals surface area contributed by atoms with Gasteiger partial charge in [-0.1, -0.05) is 47.5 Å². The van der Waals surface area contributed by atoms with Crippen LogP contribution in [0, 0.1) is 13.8 Å². The second-order valence-electron chi connectivity index (χ2n) is 7.96. The fourth-order valence-corrected chi connectivity index (χ4v) is 3.81. The predicted octanol–water partition coefficient (Wildman–Crippen LogP) is 3.33. The molecule has 0 aliphatic carbocycles. The topological polar surface area (TPSA) is 70.4 Å². The van der Waals surface area contributed by atoms with Crippen LogP contribution < -0.4 is 15.5 Å². The van der Waals surface area contributed by atoms with Crippen molar-refractivity contribution in [3.05, 3.63) is 101 Å². The minimum absolute atomic E-state index is 0.263. The Morgan fingerprint density at radius 3 is 2.38 bits per heavy atom. The average molecular weight is 429 g/mol. The number of nitrogens with zero attached hydrogens (tertiary/aromatic N) is 1. The molecule has 0 radical (unpaired) electrons. The number of amides is 2. The van der Waals surface area contributed by atoms with Crippen molar-refractivity contribution in [2.45, 2.75) is 25.9 Å². The lowest BCUT2D eigenvalue weighted by atomic mass is 9.98. The van der Waals surface area contributed by atoms with Crippen molar-refractivity contribution >= 4 is 18.0 Å². The minimum Gasteiger partial charge on any atom is -0.497 e. The van der Waals surface area contributed by atoms with Gasteiger partial charge in [-0.2, -0.15) is 0 Å². The molecule has 1 aliphatic rings. The molecule has 6 heteroatoms. The number of nitrogens with one attached hydrogen (secondary N) is 2. The van der Waals surface area contributed by atoms with Gasteiger partial charge in [-0.25, -0.2) is 0 Å². The van der Waals surface area contributed by atoms with E-state index < -0.39 is 12.1 Å². The molecule has 0 saturated carbocycles. The van der Waals surface area contributed by atoms with Crippen LogP contribution in [0.3, 0.4) is 0 Å². The zero-order chi connectivity index (χ0) is 22.7. The Bertz CT molecular complexity index is 1170. The summed E-state index contributed by atoms with van der Waals surface area (Å²) in [4.78, 5) is 25.9. The quantitative estimate of drug-likeness (QED) is 0.613. The first-order chi connectivity index (χ1) is 15.4. The van der Waals surface area contributed by atoms with E-state index in [9.17, 15) is 9.59 Å². The summed E-state index contributed by atoms with van der Waals surface area (Å²) in [6.45, 7) is 3.94. The molecule has 1 saturated heterocycles. The number of benzene rings is 3. The number of aryl methyl sites for hydroxylation is 2. The maximum absolute atomic E-state index is 13.0. The largest absolute Gasteiger partial charge is 0.497 e. The lowest BCUT2D eigenvalue weighted by Crippen LogP contribution is -2.42. The highest BCUT2D eigenvalue weighted by Gasteiger charge is 2.47. The zero-order valence-electron chi connectivity index (χ0n) is 18.3. The van der Waals surface area contributed by atoms with Crippen LogP contribution in [0.2, 0.25) is 0 Å². The second-order valence-corrected chi connectivity index (χ2v) is 7.96. The first-order valence-corrected chi connectivity index (χ1v) is 10.5. The van der Waals surface area contributed by atoms with Crippen LogP contribution in [-0.2, 0) is 4.79 Å². The van der Waals surface area contributed by atoms with E-state index in [2.05, 4.69) is 10.7 Å². The minimum atomic E-state index is -0.750. The normalized spacial score (nSPS) is 19.0. The molecule has 2 amide bonds. The number of hydrazine groups is 1. The predicted molar refractivity (Wildman–Crippen MR) is 123 cm³/mol. The fraction of sp³-hybridized carbons (Fsp3) is 0.192. The van der Waals surface area contributed by atoms with Crippen molar-refractivity contribution < 1.29 is 19.0 Å². The van der Waals surface area contributed by atoms with Gasteiger partial charge < -0.3 is 10.1 Å². The summed E-state index contributed by atoms with van der Waals surface area (Å²) in [5, 5.41) is 2.94. The van der Waals surface area contributed by atoms with Gasteiger partial charge in [0.15, 0.2) is 6.04 Å². The molecule has 3 aromatic carbocycles. The van der Waals surface area contributed by atoms with E-state index in [-0.39, 0.29) is 11.8 Å². The molecule has 2 atom stereocenters. The Hall–Kier alpha value is -3.93. The smallest absolute Gasteiger partial charge is 0.304 e. The van der Waals surface area contributed by atoms with Gasteiger partial charge >= 0.3 is 5.91 Å².